The molecule has 25 heteroatoms. The molecular weight excluding hydrogens is 584 g/mol. The fraction of sp³-hybridized carbons (Fsp3) is 1.00. The van der Waals surface area contributed by atoms with Gasteiger partial charge in [-0.3, -0.25) is 0 Å². The van der Waals surface area contributed by atoms with Gasteiger partial charge >= 0.3 is 63.8 Å². The van der Waals surface area contributed by atoms with Crippen LogP contribution in [0.2, 0.25) is 0 Å². The molecule has 0 heterocycles. The van der Waals surface area contributed by atoms with Crippen molar-refractivity contribution >= 4 is 10.1 Å². The van der Waals surface area contributed by atoms with Gasteiger partial charge in [0.2, 0.25) is 0 Å². The van der Waals surface area contributed by atoms with Crippen molar-refractivity contribution in [3.63, 3.8) is 0 Å². The van der Waals surface area contributed by atoms with Crippen LogP contribution in [0.1, 0.15) is 0 Å². The lowest BCUT2D eigenvalue weighted by Gasteiger charge is -2.38. The fourth-order valence-electron chi connectivity index (χ4n) is 1.25. The Labute approximate surface area is 170 Å². The minimum Gasteiger partial charge on any atom is -0.245 e. The standard InChI is InChI=1S/C9F20O4S/c10-1(11,5(18,19)20)2(12,13)6(21,22)32-7(23,24)3(14,15)4(16,17)8(25,26)33-34(30,31)9(27,28)29. The maximum absolute atomic E-state index is 13.1. The van der Waals surface area contributed by atoms with Crippen LogP contribution in [0.15, 0.2) is 0 Å². The molecule has 0 aliphatic heterocycles. The lowest BCUT2D eigenvalue weighted by Crippen LogP contribution is -2.68. The molecule has 0 aromatic carbocycles. The maximum Gasteiger partial charge on any atom is 0.523 e. The van der Waals surface area contributed by atoms with E-state index in [0.717, 1.165) is 4.74 Å². The van der Waals surface area contributed by atoms with E-state index in [2.05, 4.69) is 0 Å². The number of ether oxygens (including phenoxy) is 1. The second-order valence-corrected chi connectivity index (χ2v) is 6.97. The molecule has 0 rings (SSSR count). The zero-order valence-corrected chi connectivity index (χ0v) is 14.9. The SMILES string of the molecule is O=S(=O)(OC(F)(F)C(F)(F)C(F)(F)C(F)(F)OC(F)(F)C(F)(F)C(F)(F)C(F)(F)F)C(F)(F)F. The van der Waals surface area contributed by atoms with E-state index in [4.69, 9.17) is 0 Å². The minimum absolute atomic E-state index is 0.928. The molecule has 0 N–H and O–H groups in total. The van der Waals surface area contributed by atoms with Crippen LogP contribution in [-0.2, 0) is 19.0 Å². The van der Waals surface area contributed by atoms with Gasteiger partial charge in [0.25, 0.3) is 0 Å². The Balaban J connectivity index is 6.49. The van der Waals surface area contributed by atoms with E-state index in [1.54, 1.807) is 0 Å². The highest BCUT2D eigenvalue weighted by atomic mass is 32.2. The molecule has 4 nitrogen and oxygen atoms in total. The molecule has 0 bridgehead atoms. The van der Waals surface area contributed by atoms with E-state index in [-0.39, 0.29) is 0 Å². The molecule has 34 heavy (non-hydrogen) atoms. The molecule has 0 aliphatic carbocycles. The van der Waals surface area contributed by atoms with Crippen molar-refractivity contribution in [1.82, 2.24) is 0 Å². The molecular formula is C9F20O4S. The fourth-order valence-corrected chi connectivity index (χ4v) is 1.73. The summed E-state index contributed by atoms with van der Waals surface area (Å²) in [5.74, 6) is -33.6. The van der Waals surface area contributed by atoms with Gasteiger partial charge in [0, 0.05) is 0 Å². The van der Waals surface area contributed by atoms with Gasteiger partial charge in [-0.05, 0) is 0 Å². The van der Waals surface area contributed by atoms with Gasteiger partial charge in [0.05, 0.1) is 0 Å². The van der Waals surface area contributed by atoms with E-state index < -0.39 is 63.8 Å². The van der Waals surface area contributed by atoms with Crippen LogP contribution in [0, 0.1) is 0 Å². The predicted molar refractivity (Wildman–Crippen MR) is 57.8 cm³/mol. The molecule has 0 fully saturated rings. The number of alkyl halides is 20. The average Bonchev–Trinajstić information content (AvgIpc) is 2.49. The Morgan fingerprint density at radius 2 is 0.676 bits per heavy atom. The van der Waals surface area contributed by atoms with Crippen LogP contribution < -0.4 is 0 Å². The van der Waals surface area contributed by atoms with Crippen LogP contribution in [-0.4, -0.2) is 62.1 Å². The zero-order chi connectivity index (χ0) is 28.4. The number of hydrogen-bond donors (Lipinski definition) is 0. The number of rotatable bonds is 9. The average molecular weight is 584 g/mol. The molecule has 0 radical (unpaired) electrons. The van der Waals surface area contributed by atoms with Crippen LogP contribution in [0.3, 0.4) is 0 Å². The highest BCUT2D eigenvalue weighted by Gasteiger charge is 2.89. The molecule has 0 aromatic heterocycles. The van der Waals surface area contributed by atoms with E-state index in [9.17, 15) is 96.2 Å². The third-order valence-electron chi connectivity index (χ3n) is 3.00. The Kier molecular flexibility index (Phi) is 7.63. The lowest BCUT2D eigenvalue weighted by atomic mass is 10.1. The van der Waals surface area contributed by atoms with Gasteiger partial charge in [-0.25, -0.2) is 4.74 Å². The Morgan fingerprint density at radius 3 is 0.941 bits per heavy atom. The maximum atomic E-state index is 13.1. The zero-order valence-electron chi connectivity index (χ0n) is 14.1. The smallest absolute Gasteiger partial charge is 0.245 e. The van der Waals surface area contributed by atoms with Gasteiger partial charge in [-0.15, -0.1) is 0 Å². The Bertz CT molecular complexity index is 850. The van der Waals surface area contributed by atoms with Crippen LogP contribution >= 0.6 is 0 Å². The number of halogens is 20. The third-order valence-corrected chi connectivity index (χ3v) is 3.99. The molecule has 0 aliphatic rings. The Hall–Kier alpha value is -1.53. The van der Waals surface area contributed by atoms with Crippen molar-refractivity contribution in [2.24, 2.45) is 0 Å². The second-order valence-electron chi connectivity index (χ2n) is 5.43. The molecule has 0 atom stereocenters. The van der Waals surface area contributed by atoms with Gasteiger partial charge < -0.3 is 0 Å². The van der Waals surface area contributed by atoms with E-state index in [0.29, 0.717) is 0 Å². The normalized spacial score (nSPS) is 16.7. The van der Waals surface area contributed by atoms with Crippen LogP contribution in [0.5, 0.6) is 0 Å². The van der Waals surface area contributed by atoms with Gasteiger partial charge in [-0.1, -0.05) is 0 Å². The number of hydrogen-bond acceptors (Lipinski definition) is 4. The van der Waals surface area contributed by atoms with Gasteiger partial charge in [0.1, 0.15) is 0 Å². The first-order valence-electron chi connectivity index (χ1n) is 6.60. The topological polar surface area (TPSA) is 52.6 Å². The molecule has 0 saturated carbocycles. The summed E-state index contributed by atoms with van der Waals surface area (Å²) < 4.78 is 274. The highest BCUT2D eigenvalue weighted by molar-refractivity contribution is 7.87. The molecule has 206 valence electrons. The summed E-state index contributed by atoms with van der Waals surface area (Å²) >= 11 is 0. The van der Waals surface area contributed by atoms with Gasteiger partial charge in [0.15, 0.2) is 0 Å². The highest BCUT2D eigenvalue weighted by Crippen LogP contribution is 2.59. The van der Waals surface area contributed by atoms with Crippen LogP contribution in [0.25, 0.3) is 0 Å². The van der Waals surface area contributed by atoms with Gasteiger partial charge in [-0.2, -0.15) is 100 Å². The van der Waals surface area contributed by atoms with Crippen molar-refractivity contribution in [2.45, 2.75) is 53.7 Å². The first kappa shape index (κ1) is 32.5. The van der Waals surface area contributed by atoms with Crippen LogP contribution in [0.4, 0.5) is 87.8 Å². The summed E-state index contributed by atoms with van der Waals surface area (Å²) in [5.41, 5.74) is -7.15. The summed E-state index contributed by atoms with van der Waals surface area (Å²) in [4.78, 5) is 0. The molecule has 0 aromatic rings. The van der Waals surface area contributed by atoms with Crippen molar-refractivity contribution < 1.29 is 105 Å². The van der Waals surface area contributed by atoms with Crippen molar-refractivity contribution in [2.75, 3.05) is 0 Å². The molecule has 0 unspecified atom stereocenters. The third kappa shape index (κ3) is 4.90. The van der Waals surface area contributed by atoms with Crippen molar-refractivity contribution in [3.05, 3.63) is 0 Å². The Morgan fingerprint density at radius 1 is 0.412 bits per heavy atom. The first-order valence-corrected chi connectivity index (χ1v) is 8.00. The monoisotopic (exact) mass is 584 g/mol. The largest absolute Gasteiger partial charge is 0.523 e. The summed E-state index contributed by atoms with van der Waals surface area (Å²) in [6, 6.07) is 0. The summed E-state index contributed by atoms with van der Waals surface area (Å²) in [6.45, 7) is 0. The minimum atomic E-state index is -8.59. The molecule has 0 amide bonds. The van der Waals surface area contributed by atoms with Crippen molar-refractivity contribution in [1.29, 1.82) is 0 Å². The van der Waals surface area contributed by atoms with Crippen molar-refractivity contribution in [3.8, 4) is 0 Å². The van der Waals surface area contributed by atoms with E-state index in [1.807, 2.05) is 0 Å². The lowest BCUT2D eigenvalue weighted by molar-refractivity contribution is -0.524. The van der Waals surface area contributed by atoms with E-state index >= 15 is 0 Å². The quantitative estimate of drug-likeness (QED) is 0.197. The predicted octanol–water partition coefficient (Wildman–Crippen LogP) is 5.75. The molecule has 0 saturated heterocycles. The first-order chi connectivity index (χ1) is 14.2. The molecule has 0 spiro atoms. The second kappa shape index (κ2) is 7.99. The summed E-state index contributed by atoms with van der Waals surface area (Å²) in [5, 5.41) is 0. The summed E-state index contributed by atoms with van der Waals surface area (Å²) in [7, 11) is -8.08. The van der Waals surface area contributed by atoms with E-state index in [1.165, 1.54) is 4.18 Å². The summed E-state index contributed by atoms with van der Waals surface area (Å²) in [6.07, 6.45) is -32.4.